The second kappa shape index (κ2) is 4.55. The molecule has 1 saturated heterocycles. The summed E-state index contributed by atoms with van der Waals surface area (Å²) in [4.78, 5) is 0. The zero-order valence-electron chi connectivity index (χ0n) is 7.91. The summed E-state index contributed by atoms with van der Waals surface area (Å²) in [5, 5.41) is 0. The Labute approximate surface area is 85.6 Å². The van der Waals surface area contributed by atoms with E-state index in [0.717, 1.165) is 6.07 Å². The van der Waals surface area contributed by atoms with E-state index in [2.05, 4.69) is 0 Å². The fraction of sp³-hybridized carbons (Fsp3) is 0.400. The van der Waals surface area contributed by atoms with E-state index >= 15 is 0 Å². The van der Waals surface area contributed by atoms with Gasteiger partial charge in [-0.3, -0.25) is 0 Å². The summed E-state index contributed by atoms with van der Waals surface area (Å²) in [5.74, 6) is -2.05. The van der Waals surface area contributed by atoms with Crippen molar-refractivity contribution in [1.29, 1.82) is 0 Å². The molecule has 0 atom stereocenters. The first kappa shape index (κ1) is 10.3. The van der Waals surface area contributed by atoms with Gasteiger partial charge in [0.15, 0.2) is 17.9 Å². The molecule has 3 nitrogen and oxygen atoms in total. The Morgan fingerprint density at radius 3 is 2.73 bits per heavy atom. The first-order chi connectivity index (χ1) is 7.27. The molecule has 0 amide bonds. The third-order valence-electron chi connectivity index (χ3n) is 1.98. The molecule has 82 valence electrons. The number of hydrogen-bond donors (Lipinski definition) is 0. The van der Waals surface area contributed by atoms with Crippen LogP contribution < -0.4 is 4.74 Å². The standard InChI is InChI=1S/C10H10F2O3/c11-7-2-1-3-8(10(7)12)15-6-9-13-4-5-14-9/h1-3,9H,4-6H2. The third-order valence-corrected chi connectivity index (χ3v) is 1.98. The lowest BCUT2D eigenvalue weighted by Gasteiger charge is -2.11. The van der Waals surface area contributed by atoms with Gasteiger partial charge in [-0.25, -0.2) is 4.39 Å². The maximum absolute atomic E-state index is 13.1. The van der Waals surface area contributed by atoms with E-state index in [1.54, 1.807) is 0 Å². The first-order valence-electron chi connectivity index (χ1n) is 4.57. The minimum absolute atomic E-state index is 0.0559. The van der Waals surface area contributed by atoms with Gasteiger partial charge in [-0.1, -0.05) is 6.07 Å². The summed E-state index contributed by atoms with van der Waals surface area (Å²) in [6.45, 7) is 1.06. The molecule has 0 radical (unpaired) electrons. The number of halogens is 2. The highest BCUT2D eigenvalue weighted by Crippen LogP contribution is 2.19. The quantitative estimate of drug-likeness (QED) is 0.769. The SMILES string of the molecule is Fc1cccc(OCC2OCCO2)c1F. The van der Waals surface area contributed by atoms with Crippen LogP contribution >= 0.6 is 0 Å². The molecule has 15 heavy (non-hydrogen) atoms. The average molecular weight is 216 g/mol. The zero-order chi connectivity index (χ0) is 10.7. The van der Waals surface area contributed by atoms with Crippen LogP contribution in [0.4, 0.5) is 8.78 Å². The van der Waals surface area contributed by atoms with E-state index < -0.39 is 17.9 Å². The van der Waals surface area contributed by atoms with Gasteiger partial charge in [0.25, 0.3) is 0 Å². The summed E-state index contributed by atoms with van der Waals surface area (Å²) in [7, 11) is 0. The molecular formula is C10H10F2O3. The van der Waals surface area contributed by atoms with Crippen molar-refractivity contribution in [3.63, 3.8) is 0 Å². The number of rotatable bonds is 3. The summed E-state index contributed by atoms with van der Waals surface area (Å²) < 4.78 is 41.1. The van der Waals surface area contributed by atoms with Gasteiger partial charge in [0.2, 0.25) is 5.82 Å². The molecule has 0 aromatic heterocycles. The normalized spacial score (nSPS) is 16.9. The highest BCUT2D eigenvalue weighted by atomic mass is 19.2. The minimum Gasteiger partial charge on any atom is -0.485 e. The van der Waals surface area contributed by atoms with Crippen molar-refractivity contribution in [2.75, 3.05) is 19.8 Å². The third kappa shape index (κ3) is 2.43. The van der Waals surface area contributed by atoms with Crippen LogP contribution in [0.2, 0.25) is 0 Å². The molecule has 0 bridgehead atoms. The van der Waals surface area contributed by atoms with Crippen LogP contribution in [-0.2, 0) is 9.47 Å². The Hall–Kier alpha value is -1.20. The van der Waals surface area contributed by atoms with Crippen molar-refractivity contribution in [3.05, 3.63) is 29.8 Å². The molecule has 1 heterocycles. The van der Waals surface area contributed by atoms with Gasteiger partial charge < -0.3 is 14.2 Å². The lowest BCUT2D eigenvalue weighted by molar-refractivity contribution is -0.0690. The monoisotopic (exact) mass is 216 g/mol. The maximum atomic E-state index is 13.1. The second-order valence-electron chi connectivity index (χ2n) is 3.03. The average Bonchev–Trinajstić information content (AvgIpc) is 2.73. The van der Waals surface area contributed by atoms with E-state index in [1.165, 1.54) is 12.1 Å². The molecule has 2 rings (SSSR count). The van der Waals surface area contributed by atoms with Gasteiger partial charge >= 0.3 is 0 Å². The van der Waals surface area contributed by atoms with Gasteiger partial charge in [0.1, 0.15) is 6.61 Å². The van der Waals surface area contributed by atoms with Crippen LogP contribution in [0.25, 0.3) is 0 Å². The summed E-state index contributed by atoms with van der Waals surface area (Å²) in [5.41, 5.74) is 0. The lowest BCUT2D eigenvalue weighted by Crippen LogP contribution is -2.18. The van der Waals surface area contributed by atoms with Gasteiger partial charge in [-0.05, 0) is 12.1 Å². The fourth-order valence-corrected chi connectivity index (χ4v) is 1.26. The van der Waals surface area contributed by atoms with Gasteiger partial charge in [0.05, 0.1) is 13.2 Å². The molecule has 1 aliphatic heterocycles. The van der Waals surface area contributed by atoms with Crippen LogP contribution in [-0.4, -0.2) is 26.1 Å². The molecule has 1 fully saturated rings. The maximum Gasteiger partial charge on any atom is 0.200 e. The number of ether oxygens (including phenoxy) is 3. The molecule has 0 N–H and O–H groups in total. The molecule has 0 unspecified atom stereocenters. The van der Waals surface area contributed by atoms with Crippen LogP contribution in [0.15, 0.2) is 18.2 Å². The van der Waals surface area contributed by atoms with E-state index in [4.69, 9.17) is 14.2 Å². The van der Waals surface area contributed by atoms with Crippen LogP contribution in [0.5, 0.6) is 5.75 Å². The Morgan fingerprint density at radius 2 is 2.00 bits per heavy atom. The predicted molar refractivity (Wildman–Crippen MR) is 47.5 cm³/mol. The molecule has 1 aromatic rings. The van der Waals surface area contributed by atoms with E-state index in [9.17, 15) is 8.78 Å². The highest BCUT2D eigenvalue weighted by Gasteiger charge is 2.17. The summed E-state index contributed by atoms with van der Waals surface area (Å²) in [6, 6.07) is 3.77. The van der Waals surface area contributed by atoms with Gasteiger partial charge in [-0.15, -0.1) is 0 Å². The van der Waals surface area contributed by atoms with E-state index in [-0.39, 0.29) is 12.4 Å². The van der Waals surface area contributed by atoms with Crippen LogP contribution in [0, 0.1) is 11.6 Å². The fourth-order valence-electron chi connectivity index (χ4n) is 1.26. The van der Waals surface area contributed by atoms with Crippen molar-refractivity contribution in [3.8, 4) is 5.75 Å². The largest absolute Gasteiger partial charge is 0.485 e. The number of benzene rings is 1. The molecular weight excluding hydrogens is 206 g/mol. The topological polar surface area (TPSA) is 27.7 Å². The Kier molecular flexibility index (Phi) is 3.13. The van der Waals surface area contributed by atoms with Crippen molar-refractivity contribution >= 4 is 0 Å². The Bertz CT molecular complexity index is 337. The molecule has 1 aromatic carbocycles. The Balaban J connectivity index is 1.95. The van der Waals surface area contributed by atoms with Gasteiger partial charge in [0, 0.05) is 0 Å². The smallest absolute Gasteiger partial charge is 0.200 e. The molecule has 0 spiro atoms. The minimum atomic E-state index is -0.990. The zero-order valence-corrected chi connectivity index (χ0v) is 7.91. The molecule has 5 heteroatoms. The van der Waals surface area contributed by atoms with Crippen molar-refractivity contribution in [2.45, 2.75) is 6.29 Å². The molecule has 0 aliphatic carbocycles. The summed E-state index contributed by atoms with van der Waals surface area (Å²) in [6.07, 6.45) is -0.493. The van der Waals surface area contributed by atoms with Crippen LogP contribution in [0.3, 0.4) is 0 Å². The molecule has 0 saturated carbocycles. The van der Waals surface area contributed by atoms with Crippen molar-refractivity contribution in [2.24, 2.45) is 0 Å². The highest BCUT2D eigenvalue weighted by molar-refractivity contribution is 5.24. The first-order valence-corrected chi connectivity index (χ1v) is 4.57. The van der Waals surface area contributed by atoms with Crippen LogP contribution in [0.1, 0.15) is 0 Å². The molecule has 1 aliphatic rings. The number of hydrogen-bond acceptors (Lipinski definition) is 3. The summed E-state index contributed by atoms with van der Waals surface area (Å²) >= 11 is 0. The van der Waals surface area contributed by atoms with Gasteiger partial charge in [-0.2, -0.15) is 4.39 Å². The van der Waals surface area contributed by atoms with Crippen molar-refractivity contribution < 1.29 is 23.0 Å². The van der Waals surface area contributed by atoms with E-state index in [0.29, 0.717) is 13.2 Å². The second-order valence-corrected chi connectivity index (χ2v) is 3.03. The van der Waals surface area contributed by atoms with E-state index in [1.807, 2.05) is 0 Å². The lowest BCUT2D eigenvalue weighted by atomic mass is 10.3. The predicted octanol–water partition coefficient (Wildman–Crippen LogP) is 1.72. The Morgan fingerprint density at radius 1 is 1.27 bits per heavy atom. The van der Waals surface area contributed by atoms with Crippen molar-refractivity contribution in [1.82, 2.24) is 0 Å².